The summed E-state index contributed by atoms with van der Waals surface area (Å²) in [5, 5.41) is 0. The van der Waals surface area contributed by atoms with E-state index in [4.69, 9.17) is 15.2 Å². The second-order valence-corrected chi connectivity index (χ2v) is 7.89. The number of ether oxygens (including phenoxy) is 2. The van der Waals surface area contributed by atoms with Gasteiger partial charge in [0.1, 0.15) is 5.78 Å². The van der Waals surface area contributed by atoms with Crippen molar-refractivity contribution in [3.05, 3.63) is 83.4 Å². The van der Waals surface area contributed by atoms with Gasteiger partial charge in [-0.25, -0.2) is 0 Å². The summed E-state index contributed by atoms with van der Waals surface area (Å²) in [5.74, 6) is 1.23. The average Bonchev–Trinajstić information content (AvgIpc) is 3.45. The summed E-state index contributed by atoms with van der Waals surface area (Å²) in [6.07, 6.45) is 2.10. The van der Waals surface area contributed by atoms with Crippen LogP contribution in [0.1, 0.15) is 34.3 Å². The van der Waals surface area contributed by atoms with Crippen LogP contribution in [0.25, 0.3) is 11.1 Å². The van der Waals surface area contributed by atoms with E-state index in [0.717, 1.165) is 40.8 Å². The van der Waals surface area contributed by atoms with E-state index in [1.54, 1.807) is 12.1 Å². The van der Waals surface area contributed by atoms with Crippen molar-refractivity contribution in [1.82, 2.24) is 0 Å². The molecule has 1 aliphatic heterocycles. The van der Waals surface area contributed by atoms with Gasteiger partial charge >= 0.3 is 0 Å². The first kappa shape index (κ1) is 18.4. The van der Waals surface area contributed by atoms with Crippen molar-refractivity contribution in [1.29, 1.82) is 0 Å². The van der Waals surface area contributed by atoms with Crippen LogP contribution in [0.5, 0.6) is 11.5 Å². The molecule has 0 atom stereocenters. The van der Waals surface area contributed by atoms with Gasteiger partial charge in [-0.1, -0.05) is 42.5 Å². The highest BCUT2D eigenvalue weighted by molar-refractivity contribution is 5.95. The molecule has 0 unspecified atom stereocenters. The van der Waals surface area contributed by atoms with Gasteiger partial charge in [0.05, 0.1) is 5.41 Å². The van der Waals surface area contributed by atoms with Crippen LogP contribution in [0.4, 0.5) is 0 Å². The van der Waals surface area contributed by atoms with Gasteiger partial charge < -0.3 is 15.2 Å². The van der Waals surface area contributed by atoms with Crippen LogP contribution >= 0.6 is 0 Å². The lowest BCUT2D eigenvalue weighted by molar-refractivity contribution is -0.120. The molecule has 150 valence electrons. The second-order valence-electron chi connectivity index (χ2n) is 7.89. The standard InChI is InChI=1S/C25H21NO4/c26-24(28)18-6-4-17(5-7-18)19-3-1-2-16(12-19)13-23(27)25(10-11-25)20-8-9-21-22(14-20)30-15-29-21/h1-9,12,14H,10-11,13,15H2,(H2,26,28). The number of carbonyl (C=O) groups excluding carboxylic acids is 2. The van der Waals surface area contributed by atoms with E-state index in [9.17, 15) is 9.59 Å². The fourth-order valence-corrected chi connectivity index (χ4v) is 4.09. The quantitative estimate of drug-likeness (QED) is 0.679. The number of hydrogen-bond acceptors (Lipinski definition) is 4. The van der Waals surface area contributed by atoms with Crippen LogP contribution in [-0.4, -0.2) is 18.5 Å². The number of ketones is 1. The van der Waals surface area contributed by atoms with Crippen LogP contribution < -0.4 is 15.2 Å². The Labute approximate surface area is 174 Å². The van der Waals surface area contributed by atoms with Gasteiger partial charge in [-0.15, -0.1) is 0 Å². The maximum Gasteiger partial charge on any atom is 0.248 e. The zero-order valence-electron chi connectivity index (χ0n) is 16.4. The van der Waals surface area contributed by atoms with Gasteiger partial charge in [0.15, 0.2) is 11.5 Å². The third-order valence-corrected chi connectivity index (χ3v) is 6.00. The van der Waals surface area contributed by atoms with E-state index in [2.05, 4.69) is 0 Å². The summed E-state index contributed by atoms with van der Waals surface area (Å²) in [7, 11) is 0. The first-order valence-electron chi connectivity index (χ1n) is 9.98. The number of rotatable bonds is 6. The summed E-state index contributed by atoms with van der Waals surface area (Å²) >= 11 is 0. The predicted molar refractivity (Wildman–Crippen MR) is 113 cm³/mol. The number of benzene rings is 3. The summed E-state index contributed by atoms with van der Waals surface area (Å²) < 4.78 is 10.9. The van der Waals surface area contributed by atoms with Gasteiger partial charge in [0, 0.05) is 12.0 Å². The highest BCUT2D eigenvalue weighted by Crippen LogP contribution is 2.51. The molecule has 1 heterocycles. The van der Waals surface area contributed by atoms with Gasteiger partial charge in [-0.3, -0.25) is 9.59 Å². The van der Waals surface area contributed by atoms with Crippen molar-refractivity contribution >= 4 is 11.7 Å². The highest BCUT2D eigenvalue weighted by atomic mass is 16.7. The molecule has 5 nitrogen and oxygen atoms in total. The summed E-state index contributed by atoms with van der Waals surface area (Å²) in [6, 6.07) is 21.0. The monoisotopic (exact) mass is 399 g/mol. The Balaban J connectivity index is 1.36. The lowest BCUT2D eigenvalue weighted by atomic mass is 9.87. The Hall–Kier alpha value is -3.60. The summed E-state index contributed by atoms with van der Waals surface area (Å²) in [4.78, 5) is 24.5. The third-order valence-electron chi connectivity index (χ3n) is 6.00. The minimum absolute atomic E-state index is 0.225. The van der Waals surface area contributed by atoms with Gasteiger partial charge in [0.2, 0.25) is 12.7 Å². The second kappa shape index (κ2) is 7.02. The van der Waals surface area contributed by atoms with Crippen molar-refractivity contribution in [2.24, 2.45) is 5.73 Å². The lowest BCUT2D eigenvalue weighted by Crippen LogP contribution is -2.22. The molecule has 1 saturated carbocycles. The molecule has 5 heteroatoms. The zero-order valence-corrected chi connectivity index (χ0v) is 16.4. The van der Waals surface area contributed by atoms with E-state index in [-0.39, 0.29) is 12.6 Å². The normalized spacial score (nSPS) is 15.6. The third kappa shape index (κ3) is 3.22. The Morgan fingerprint density at radius 1 is 0.867 bits per heavy atom. The molecule has 3 aromatic carbocycles. The number of Topliss-reactive ketones (excluding diaryl/α,β-unsaturated/α-hetero) is 1. The minimum Gasteiger partial charge on any atom is -0.454 e. The van der Waals surface area contributed by atoms with Gasteiger partial charge in [0.25, 0.3) is 0 Å². The van der Waals surface area contributed by atoms with E-state index in [1.165, 1.54) is 0 Å². The molecule has 0 saturated heterocycles. The molecule has 1 fully saturated rings. The molecule has 3 aromatic rings. The number of fused-ring (bicyclic) bond motifs is 1. The lowest BCUT2D eigenvalue weighted by Gasteiger charge is -2.15. The van der Waals surface area contributed by atoms with Crippen LogP contribution in [0.15, 0.2) is 66.7 Å². The van der Waals surface area contributed by atoms with Crippen LogP contribution in [0, 0.1) is 0 Å². The number of primary amides is 1. The first-order valence-corrected chi connectivity index (χ1v) is 9.98. The van der Waals surface area contributed by atoms with Crippen molar-refractivity contribution in [3.63, 3.8) is 0 Å². The highest BCUT2D eigenvalue weighted by Gasteiger charge is 2.50. The number of amides is 1. The van der Waals surface area contributed by atoms with Crippen molar-refractivity contribution < 1.29 is 19.1 Å². The molecule has 1 amide bonds. The number of carbonyl (C=O) groups is 2. The molecule has 0 aromatic heterocycles. The molecule has 5 rings (SSSR count). The van der Waals surface area contributed by atoms with Gasteiger partial charge in [-0.2, -0.15) is 0 Å². The predicted octanol–water partition coefficient (Wildman–Crippen LogP) is 4.02. The Morgan fingerprint density at radius 2 is 1.63 bits per heavy atom. The molecule has 0 radical (unpaired) electrons. The van der Waals surface area contributed by atoms with Crippen LogP contribution in [0.2, 0.25) is 0 Å². The molecule has 2 aliphatic rings. The Morgan fingerprint density at radius 3 is 2.37 bits per heavy atom. The van der Waals surface area contributed by atoms with Gasteiger partial charge in [-0.05, 0) is 59.4 Å². The van der Waals surface area contributed by atoms with E-state index in [1.807, 2.05) is 54.6 Å². The fraction of sp³-hybridized carbons (Fsp3) is 0.200. The Bertz CT molecular complexity index is 1150. The summed E-state index contributed by atoms with van der Waals surface area (Å²) in [5.41, 5.74) is 9.34. The fourth-order valence-electron chi connectivity index (χ4n) is 4.09. The molecule has 0 spiro atoms. The zero-order chi connectivity index (χ0) is 20.7. The van der Waals surface area contributed by atoms with Crippen molar-refractivity contribution in [2.75, 3.05) is 6.79 Å². The molecular weight excluding hydrogens is 378 g/mol. The summed E-state index contributed by atoms with van der Waals surface area (Å²) in [6.45, 7) is 0.229. The minimum atomic E-state index is -0.445. The molecule has 1 aliphatic carbocycles. The van der Waals surface area contributed by atoms with Crippen LogP contribution in [-0.2, 0) is 16.6 Å². The first-order chi connectivity index (χ1) is 14.5. The molecule has 30 heavy (non-hydrogen) atoms. The van der Waals surface area contributed by atoms with Crippen LogP contribution in [0.3, 0.4) is 0 Å². The molecule has 0 bridgehead atoms. The Kier molecular flexibility index (Phi) is 4.31. The molecular formula is C25H21NO4. The SMILES string of the molecule is NC(=O)c1ccc(-c2cccc(CC(=O)C3(c4ccc5c(c4)OCO5)CC3)c2)cc1. The maximum absolute atomic E-state index is 13.2. The number of hydrogen-bond donors (Lipinski definition) is 1. The largest absolute Gasteiger partial charge is 0.454 e. The number of nitrogens with two attached hydrogens (primary N) is 1. The van der Waals surface area contributed by atoms with Crippen molar-refractivity contribution in [3.8, 4) is 22.6 Å². The smallest absolute Gasteiger partial charge is 0.248 e. The maximum atomic E-state index is 13.2. The molecule has 2 N–H and O–H groups in total. The topological polar surface area (TPSA) is 78.6 Å². The van der Waals surface area contributed by atoms with E-state index in [0.29, 0.717) is 17.7 Å². The van der Waals surface area contributed by atoms with E-state index < -0.39 is 11.3 Å². The van der Waals surface area contributed by atoms with Crippen molar-refractivity contribution in [2.45, 2.75) is 24.7 Å². The van der Waals surface area contributed by atoms with E-state index >= 15 is 0 Å². The average molecular weight is 399 g/mol.